The molecule has 0 fully saturated rings. The van der Waals surface area contributed by atoms with Crippen LogP contribution in [0.1, 0.15) is 16.7 Å². The number of hydrogen-bond donors (Lipinski definition) is 0. The molecule has 0 saturated carbocycles. The van der Waals surface area contributed by atoms with Gasteiger partial charge in [-0.2, -0.15) is 4.39 Å². The molecular weight excluding hydrogens is 345 g/mol. The van der Waals surface area contributed by atoms with Gasteiger partial charge in [-0.15, -0.1) is 0 Å². The van der Waals surface area contributed by atoms with Gasteiger partial charge in [0.05, 0.1) is 0 Å². The van der Waals surface area contributed by atoms with Gasteiger partial charge in [0.25, 0.3) is 0 Å². The minimum absolute atomic E-state index is 0.460. The summed E-state index contributed by atoms with van der Waals surface area (Å²) in [6.07, 6.45) is 1.62. The maximum Gasteiger partial charge on any atom is 0.213 e. The molecule has 0 N–H and O–H groups in total. The second-order valence-corrected chi connectivity index (χ2v) is 7.19. The van der Waals surface area contributed by atoms with Crippen molar-refractivity contribution in [1.29, 1.82) is 0 Å². The van der Waals surface area contributed by atoms with Crippen molar-refractivity contribution in [1.82, 2.24) is 4.98 Å². The first-order valence-electron chi connectivity index (χ1n) is 9.44. The number of pyridine rings is 1. The molecule has 0 aliphatic rings. The molecule has 0 radical (unpaired) electrons. The van der Waals surface area contributed by atoms with Gasteiger partial charge in [0.2, 0.25) is 5.95 Å². The minimum atomic E-state index is -0.460. The fourth-order valence-electron chi connectivity index (χ4n) is 3.98. The molecule has 3 aromatic carbocycles. The molecule has 0 aliphatic carbocycles. The molecule has 4 rings (SSSR count). The van der Waals surface area contributed by atoms with Crippen LogP contribution in [0.2, 0.25) is 0 Å². The van der Waals surface area contributed by atoms with Crippen molar-refractivity contribution in [3.05, 3.63) is 102 Å². The standard InChI is InChI=1S/C26H22FN/c1-17-14-18(2)25(21-12-8-5-9-13-21)26(22-15-23(27)28-16-19(22)3)24(17)20-10-6-4-7-11-20/h4-16H,1-3H3. The summed E-state index contributed by atoms with van der Waals surface area (Å²) < 4.78 is 14.2. The Morgan fingerprint density at radius 3 is 1.61 bits per heavy atom. The lowest BCUT2D eigenvalue weighted by molar-refractivity contribution is 0.583. The van der Waals surface area contributed by atoms with Gasteiger partial charge in [-0.25, -0.2) is 4.98 Å². The largest absolute Gasteiger partial charge is 0.228 e. The molecule has 1 heterocycles. The molecule has 0 aliphatic heterocycles. The summed E-state index contributed by atoms with van der Waals surface area (Å²) in [5.41, 5.74) is 9.79. The van der Waals surface area contributed by atoms with E-state index in [2.05, 4.69) is 49.2 Å². The number of aromatic nitrogens is 1. The van der Waals surface area contributed by atoms with Crippen LogP contribution in [0, 0.1) is 26.7 Å². The summed E-state index contributed by atoms with van der Waals surface area (Å²) in [5.74, 6) is -0.460. The fraction of sp³-hybridized carbons (Fsp3) is 0.115. The lowest BCUT2D eigenvalue weighted by Crippen LogP contribution is -1.99. The zero-order chi connectivity index (χ0) is 19.7. The molecule has 0 unspecified atom stereocenters. The van der Waals surface area contributed by atoms with Gasteiger partial charge in [-0.1, -0.05) is 66.7 Å². The maximum atomic E-state index is 14.2. The van der Waals surface area contributed by atoms with Crippen LogP contribution in [-0.2, 0) is 0 Å². The van der Waals surface area contributed by atoms with E-state index in [1.165, 1.54) is 11.1 Å². The summed E-state index contributed by atoms with van der Waals surface area (Å²) in [5, 5.41) is 0. The van der Waals surface area contributed by atoms with Crippen LogP contribution < -0.4 is 0 Å². The van der Waals surface area contributed by atoms with Crippen LogP contribution in [0.4, 0.5) is 4.39 Å². The van der Waals surface area contributed by atoms with E-state index >= 15 is 0 Å². The van der Waals surface area contributed by atoms with Crippen molar-refractivity contribution in [2.45, 2.75) is 20.8 Å². The highest BCUT2D eigenvalue weighted by Gasteiger charge is 2.20. The number of hydrogen-bond acceptors (Lipinski definition) is 1. The predicted molar refractivity (Wildman–Crippen MR) is 115 cm³/mol. The third-order valence-electron chi connectivity index (χ3n) is 5.19. The molecule has 1 nitrogen and oxygen atoms in total. The lowest BCUT2D eigenvalue weighted by atomic mass is 9.82. The Balaban J connectivity index is 2.18. The SMILES string of the molecule is Cc1cnc(F)cc1-c1c(-c2ccccc2)c(C)cc(C)c1-c1ccccc1. The summed E-state index contributed by atoms with van der Waals surface area (Å²) in [4.78, 5) is 3.85. The predicted octanol–water partition coefficient (Wildman–Crippen LogP) is 7.15. The Bertz CT molecular complexity index is 1070. The molecule has 0 atom stereocenters. The van der Waals surface area contributed by atoms with Gasteiger partial charge < -0.3 is 0 Å². The fourth-order valence-corrected chi connectivity index (χ4v) is 3.98. The monoisotopic (exact) mass is 367 g/mol. The second kappa shape index (κ2) is 7.40. The van der Waals surface area contributed by atoms with E-state index in [-0.39, 0.29) is 0 Å². The van der Waals surface area contributed by atoms with Crippen molar-refractivity contribution in [2.24, 2.45) is 0 Å². The molecule has 138 valence electrons. The normalized spacial score (nSPS) is 10.9. The van der Waals surface area contributed by atoms with Crippen molar-refractivity contribution in [2.75, 3.05) is 0 Å². The van der Waals surface area contributed by atoms with Crippen LogP contribution in [0.3, 0.4) is 0 Å². The second-order valence-electron chi connectivity index (χ2n) is 7.19. The highest BCUT2D eigenvalue weighted by Crippen LogP contribution is 2.44. The van der Waals surface area contributed by atoms with Gasteiger partial charge in [0.15, 0.2) is 0 Å². The third kappa shape index (κ3) is 3.22. The molecule has 28 heavy (non-hydrogen) atoms. The molecule has 0 amide bonds. The Kier molecular flexibility index (Phi) is 4.79. The third-order valence-corrected chi connectivity index (χ3v) is 5.19. The summed E-state index contributed by atoms with van der Waals surface area (Å²) in [6.45, 7) is 6.24. The van der Waals surface area contributed by atoms with Gasteiger partial charge in [0.1, 0.15) is 0 Å². The highest BCUT2D eigenvalue weighted by atomic mass is 19.1. The first-order chi connectivity index (χ1) is 13.6. The summed E-state index contributed by atoms with van der Waals surface area (Å²) in [6, 6.07) is 24.4. The Labute approximate surface area is 165 Å². The quantitative estimate of drug-likeness (QED) is 0.350. The molecule has 2 heteroatoms. The number of rotatable bonds is 3. The van der Waals surface area contributed by atoms with Crippen LogP contribution in [-0.4, -0.2) is 4.98 Å². The zero-order valence-corrected chi connectivity index (χ0v) is 16.3. The van der Waals surface area contributed by atoms with Gasteiger partial charge in [0, 0.05) is 12.3 Å². The number of nitrogens with zero attached hydrogens (tertiary/aromatic N) is 1. The zero-order valence-electron chi connectivity index (χ0n) is 16.3. The molecule has 0 spiro atoms. The van der Waals surface area contributed by atoms with E-state index in [9.17, 15) is 4.39 Å². The van der Waals surface area contributed by atoms with E-state index < -0.39 is 5.95 Å². The molecular formula is C26H22FN. The van der Waals surface area contributed by atoms with Crippen LogP contribution in [0.15, 0.2) is 79.0 Å². The first-order valence-corrected chi connectivity index (χ1v) is 9.44. The topological polar surface area (TPSA) is 12.9 Å². The van der Waals surface area contributed by atoms with Crippen LogP contribution in [0.5, 0.6) is 0 Å². The van der Waals surface area contributed by atoms with Crippen LogP contribution in [0.25, 0.3) is 33.4 Å². The smallest absolute Gasteiger partial charge is 0.213 e. The maximum absolute atomic E-state index is 14.2. The first kappa shape index (κ1) is 18.1. The summed E-state index contributed by atoms with van der Waals surface area (Å²) in [7, 11) is 0. The Morgan fingerprint density at radius 1 is 0.607 bits per heavy atom. The van der Waals surface area contributed by atoms with E-state index in [1.54, 1.807) is 12.3 Å². The van der Waals surface area contributed by atoms with E-state index in [0.29, 0.717) is 0 Å². The number of benzene rings is 3. The van der Waals surface area contributed by atoms with Crippen LogP contribution >= 0.6 is 0 Å². The van der Waals surface area contributed by atoms with Gasteiger partial charge >= 0.3 is 0 Å². The average Bonchev–Trinajstić information content (AvgIpc) is 2.70. The molecule has 4 aromatic rings. The molecule has 0 saturated heterocycles. The number of aryl methyl sites for hydroxylation is 3. The van der Waals surface area contributed by atoms with E-state index in [1.807, 2.05) is 43.3 Å². The minimum Gasteiger partial charge on any atom is -0.228 e. The van der Waals surface area contributed by atoms with Gasteiger partial charge in [-0.3, -0.25) is 0 Å². The highest BCUT2D eigenvalue weighted by molar-refractivity contribution is 5.98. The molecule has 0 bridgehead atoms. The van der Waals surface area contributed by atoms with Crippen molar-refractivity contribution in [3.8, 4) is 33.4 Å². The van der Waals surface area contributed by atoms with Crippen molar-refractivity contribution < 1.29 is 4.39 Å². The van der Waals surface area contributed by atoms with Crippen molar-refractivity contribution in [3.63, 3.8) is 0 Å². The Hall–Kier alpha value is -3.26. The average molecular weight is 367 g/mol. The van der Waals surface area contributed by atoms with E-state index in [0.717, 1.165) is 38.9 Å². The summed E-state index contributed by atoms with van der Waals surface area (Å²) >= 11 is 0. The Morgan fingerprint density at radius 2 is 1.11 bits per heavy atom. The van der Waals surface area contributed by atoms with Crippen molar-refractivity contribution >= 4 is 0 Å². The molecule has 1 aromatic heterocycles. The number of halogens is 1. The van der Waals surface area contributed by atoms with Gasteiger partial charge in [-0.05, 0) is 70.8 Å². The lowest BCUT2D eigenvalue weighted by Gasteiger charge is -2.22. The van der Waals surface area contributed by atoms with E-state index in [4.69, 9.17) is 0 Å².